The van der Waals surface area contributed by atoms with Crippen LogP contribution >= 0.6 is 0 Å². The highest BCUT2D eigenvalue weighted by Crippen LogP contribution is 2.29. The minimum absolute atomic E-state index is 0.0642. The molecule has 1 atom stereocenters. The third kappa shape index (κ3) is 6.01. The van der Waals surface area contributed by atoms with Crippen LogP contribution in [0.15, 0.2) is 36.4 Å². The number of nitrogens with one attached hydrogen (secondary N) is 2. The van der Waals surface area contributed by atoms with Gasteiger partial charge in [0, 0.05) is 6.54 Å². The molecule has 0 aliphatic carbocycles. The smallest absolute Gasteiger partial charge is 0.328 e. The Morgan fingerprint density at radius 1 is 0.871 bits per heavy atom. The third-order valence-electron chi connectivity index (χ3n) is 4.51. The largest absolute Gasteiger partial charge is 0.504 e. The second-order valence-electron chi connectivity index (χ2n) is 6.65. The van der Waals surface area contributed by atoms with Gasteiger partial charge in [0.1, 0.15) is 6.04 Å². The average Bonchev–Trinajstić information content (AvgIpc) is 2.75. The first-order chi connectivity index (χ1) is 14.8. The Labute approximate surface area is 178 Å². The molecule has 0 aliphatic rings. The van der Waals surface area contributed by atoms with Gasteiger partial charge in [-0.1, -0.05) is 12.1 Å². The van der Waals surface area contributed by atoms with Crippen molar-refractivity contribution < 1.29 is 39.5 Å². The minimum atomic E-state index is -0.995. The molecule has 6 N–H and O–H groups in total. The van der Waals surface area contributed by atoms with Crippen LogP contribution in [0, 0.1) is 0 Å². The first-order valence-electron chi connectivity index (χ1n) is 9.45. The summed E-state index contributed by atoms with van der Waals surface area (Å²) in [5.74, 6) is -3.97. The number of carbonyl (C=O) groups is 3. The summed E-state index contributed by atoms with van der Waals surface area (Å²) in [6.45, 7) is 0.225. The van der Waals surface area contributed by atoms with Crippen LogP contribution < -0.4 is 10.6 Å². The van der Waals surface area contributed by atoms with E-state index in [-0.39, 0.29) is 24.1 Å². The van der Waals surface area contributed by atoms with Crippen LogP contribution in [0.4, 0.5) is 0 Å². The molecule has 2 aromatic carbocycles. The summed E-state index contributed by atoms with van der Waals surface area (Å²) in [4.78, 5) is 36.4. The molecule has 0 aromatic heterocycles. The van der Waals surface area contributed by atoms with E-state index >= 15 is 0 Å². The van der Waals surface area contributed by atoms with Crippen molar-refractivity contribution >= 4 is 17.8 Å². The van der Waals surface area contributed by atoms with E-state index in [0.29, 0.717) is 12.8 Å². The molecule has 2 rings (SSSR count). The molecule has 0 radical (unpaired) electrons. The van der Waals surface area contributed by atoms with Gasteiger partial charge in [0.15, 0.2) is 23.0 Å². The van der Waals surface area contributed by atoms with Gasteiger partial charge in [0.2, 0.25) is 0 Å². The van der Waals surface area contributed by atoms with Crippen LogP contribution in [-0.2, 0) is 9.53 Å². The van der Waals surface area contributed by atoms with Gasteiger partial charge in [-0.3, -0.25) is 9.59 Å². The highest BCUT2D eigenvalue weighted by atomic mass is 16.5. The molecule has 166 valence electrons. The Morgan fingerprint density at radius 3 is 1.97 bits per heavy atom. The fraction of sp³-hybridized carbons (Fsp3) is 0.286. The molecule has 0 saturated heterocycles. The van der Waals surface area contributed by atoms with Crippen molar-refractivity contribution in [3.8, 4) is 23.0 Å². The van der Waals surface area contributed by atoms with Crippen molar-refractivity contribution in [3.05, 3.63) is 47.5 Å². The molecule has 0 fully saturated rings. The lowest BCUT2D eigenvalue weighted by Crippen LogP contribution is -2.41. The van der Waals surface area contributed by atoms with E-state index in [1.807, 2.05) is 0 Å². The molecular formula is C21H24N2O8. The number of unbranched alkanes of at least 4 members (excludes halogenated alkanes) is 1. The van der Waals surface area contributed by atoms with Crippen molar-refractivity contribution in [3.63, 3.8) is 0 Å². The highest BCUT2D eigenvalue weighted by Gasteiger charge is 2.24. The van der Waals surface area contributed by atoms with E-state index < -0.39 is 46.8 Å². The lowest BCUT2D eigenvalue weighted by Gasteiger charge is -2.17. The number of phenolic OH excluding ortho intramolecular Hbond substituents is 4. The summed E-state index contributed by atoms with van der Waals surface area (Å²) in [6.07, 6.45) is 1.08. The molecule has 0 bridgehead atoms. The summed E-state index contributed by atoms with van der Waals surface area (Å²) in [7, 11) is 1.18. The fourth-order valence-corrected chi connectivity index (χ4v) is 2.83. The van der Waals surface area contributed by atoms with Crippen molar-refractivity contribution in [2.45, 2.75) is 25.3 Å². The standard InChI is InChI=1S/C21H24N2O8/c1-31-21(30)14(23-20(29)13-7-5-10-16(25)18(13)27)8-2-3-11-22-19(28)12-6-4-9-15(24)17(12)26/h4-7,9-10,14,24-27H,2-3,8,11H2,1H3,(H,22,28)(H,23,29)/t14-/m0/s1. The molecule has 0 saturated carbocycles. The van der Waals surface area contributed by atoms with Gasteiger partial charge in [-0.2, -0.15) is 0 Å². The van der Waals surface area contributed by atoms with Gasteiger partial charge < -0.3 is 35.8 Å². The summed E-state index contributed by atoms with van der Waals surface area (Å²) >= 11 is 0. The first-order valence-corrected chi connectivity index (χ1v) is 9.45. The number of benzene rings is 2. The third-order valence-corrected chi connectivity index (χ3v) is 4.51. The Hall–Kier alpha value is -3.95. The number of phenols is 4. The van der Waals surface area contributed by atoms with Crippen LogP contribution in [0.5, 0.6) is 23.0 Å². The van der Waals surface area contributed by atoms with E-state index in [2.05, 4.69) is 10.6 Å². The van der Waals surface area contributed by atoms with Crippen molar-refractivity contribution in [2.75, 3.05) is 13.7 Å². The van der Waals surface area contributed by atoms with Gasteiger partial charge >= 0.3 is 5.97 Å². The average molecular weight is 432 g/mol. The zero-order valence-corrected chi connectivity index (χ0v) is 16.8. The number of hydrogen-bond acceptors (Lipinski definition) is 8. The van der Waals surface area contributed by atoms with Gasteiger partial charge in [-0.15, -0.1) is 0 Å². The van der Waals surface area contributed by atoms with Crippen LogP contribution in [-0.4, -0.2) is 57.9 Å². The lowest BCUT2D eigenvalue weighted by atomic mass is 10.1. The number of ether oxygens (including phenoxy) is 1. The van der Waals surface area contributed by atoms with Gasteiger partial charge in [-0.25, -0.2) is 4.79 Å². The molecule has 10 nitrogen and oxygen atoms in total. The normalized spacial score (nSPS) is 11.4. The monoisotopic (exact) mass is 432 g/mol. The Kier molecular flexibility index (Phi) is 8.07. The van der Waals surface area contributed by atoms with Gasteiger partial charge in [0.05, 0.1) is 18.2 Å². The van der Waals surface area contributed by atoms with E-state index in [4.69, 9.17) is 4.74 Å². The zero-order chi connectivity index (χ0) is 23.0. The SMILES string of the molecule is COC(=O)[C@H](CCCCNC(=O)c1cccc(O)c1O)NC(=O)c1cccc(O)c1O. The van der Waals surface area contributed by atoms with E-state index in [0.717, 1.165) is 0 Å². The highest BCUT2D eigenvalue weighted by molar-refractivity contribution is 5.99. The zero-order valence-electron chi connectivity index (χ0n) is 16.8. The number of amides is 2. The van der Waals surface area contributed by atoms with E-state index in [9.17, 15) is 34.8 Å². The maximum Gasteiger partial charge on any atom is 0.328 e. The molecule has 0 spiro atoms. The Bertz CT molecular complexity index is 960. The number of para-hydroxylation sites is 2. The lowest BCUT2D eigenvalue weighted by molar-refractivity contribution is -0.143. The Morgan fingerprint density at radius 2 is 1.42 bits per heavy atom. The summed E-state index contributed by atoms with van der Waals surface area (Å²) < 4.78 is 4.69. The number of carbonyl (C=O) groups excluding carboxylic acids is 3. The molecule has 2 amide bonds. The number of rotatable bonds is 9. The van der Waals surface area contributed by atoms with Crippen LogP contribution in [0.1, 0.15) is 40.0 Å². The van der Waals surface area contributed by atoms with Crippen LogP contribution in [0.25, 0.3) is 0 Å². The predicted octanol–water partition coefficient (Wildman–Crippen LogP) is 1.38. The topological polar surface area (TPSA) is 165 Å². The van der Waals surface area contributed by atoms with Crippen LogP contribution in [0.3, 0.4) is 0 Å². The maximum absolute atomic E-state index is 12.4. The van der Waals surface area contributed by atoms with Crippen LogP contribution in [0.2, 0.25) is 0 Å². The molecule has 2 aromatic rings. The summed E-state index contributed by atoms with van der Waals surface area (Å²) in [5.41, 5.74) is -0.252. The van der Waals surface area contributed by atoms with Crippen molar-refractivity contribution in [1.29, 1.82) is 0 Å². The van der Waals surface area contributed by atoms with Gasteiger partial charge in [-0.05, 0) is 43.5 Å². The minimum Gasteiger partial charge on any atom is -0.504 e. The number of esters is 1. The second-order valence-corrected chi connectivity index (χ2v) is 6.65. The fourth-order valence-electron chi connectivity index (χ4n) is 2.83. The molecular weight excluding hydrogens is 408 g/mol. The summed E-state index contributed by atoms with van der Waals surface area (Å²) in [5, 5.41) is 43.5. The quantitative estimate of drug-likeness (QED) is 0.196. The number of aromatic hydroxyl groups is 4. The van der Waals surface area contributed by atoms with Crippen molar-refractivity contribution in [1.82, 2.24) is 10.6 Å². The van der Waals surface area contributed by atoms with Gasteiger partial charge in [0.25, 0.3) is 11.8 Å². The summed E-state index contributed by atoms with van der Waals surface area (Å²) in [6, 6.07) is 6.94. The molecule has 0 aliphatic heterocycles. The predicted molar refractivity (Wildman–Crippen MR) is 109 cm³/mol. The molecule has 0 unspecified atom stereocenters. The number of hydrogen-bond donors (Lipinski definition) is 6. The second kappa shape index (κ2) is 10.7. The number of methoxy groups -OCH3 is 1. The molecule has 31 heavy (non-hydrogen) atoms. The Balaban J connectivity index is 1.87. The van der Waals surface area contributed by atoms with E-state index in [1.165, 1.54) is 43.5 Å². The molecule has 0 heterocycles. The van der Waals surface area contributed by atoms with Crippen molar-refractivity contribution in [2.24, 2.45) is 0 Å². The maximum atomic E-state index is 12.4. The van der Waals surface area contributed by atoms with E-state index in [1.54, 1.807) is 0 Å². The first kappa shape index (κ1) is 23.3. The molecule has 10 heteroatoms.